The van der Waals surface area contributed by atoms with E-state index in [1.807, 2.05) is 0 Å². The van der Waals surface area contributed by atoms with Crippen molar-refractivity contribution in [3.8, 4) is 5.95 Å². The summed E-state index contributed by atoms with van der Waals surface area (Å²) in [7, 11) is 0. The number of carbonyl (C=O) groups is 1. The maximum Gasteiger partial charge on any atom is 0.310 e. The number of carbonyl (C=O) groups excluding carboxylic acids is 1. The highest BCUT2D eigenvalue weighted by Gasteiger charge is 2.11. The number of benzene rings is 1. The Bertz CT molecular complexity index is 572. The van der Waals surface area contributed by atoms with Gasteiger partial charge in [-0.3, -0.25) is 14.9 Å². The van der Waals surface area contributed by atoms with Crippen molar-refractivity contribution in [2.45, 2.75) is 6.92 Å². The lowest BCUT2D eigenvalue weighted by Gasteiger charge is -1.91. The van der Waals surface area contributed by atoms with Gasteiger partial charge in [-0.2, -0.15) is 0 Å². The molecule has 0 N–H and O–H groups in total. The normalized spacial score (nSPS) is 10.3. The van der Waals surface area contributed by atoms with Crippen molar-refractivity contribution in [3.63, 3.8) is 0 Å². The average molecular weight is 221 g/mol. The minimum atomic E-state index is -0.506. The van der Waals surface area contributed by atoms with E-state index in [4.69, 9.17) is 9.15 Å². The summed E-state index contributed by atoms with van der Waals surface area (Å²) in [6.07, 6.45) is 0. The first-order valence-electron chi connectivity index (χ1n) is 4.42. The van der Waals surface area contributed by atoms with Gasteiger partial charge in [0.1, 0.15) is 5.58 Å². The molecule has 0 saturated heterocycles. The van der Waals surface area contributed by atoms with E-state index in [-0.39, 0.29) is 11.6 Å². The molecule has 0 radical (unpaired) electrons. The van der Waals surface area contributed by atoms with Gasteiger partial charge >= 0.3 is 5.97 Å². The van der Waals surface area contributed by atoms with Crippen molar-refractivity contribution in [3.05, 3.63) is 34.4 Å². The number of nitro benzene ring substituents is 1. The molecule has 0 saturated carbocycles. The zero-order chi connectivity index (χ0) is 11.7. The van der Waals surface area contributed by atoms with Crippen LogP contribution in [0, 0.1) is 10.1 Å². The molecule has 0 unspecified atom stereocenters. The number of nitro groups is 1. The third-order valence-electron chi connectivity index (χ3n) is 1.93. The van der Waals surface area contributed by atoms with Crippen LogP contribution in [0.2, 0.25) is 0 Å². The second-order valence-electron chi connectivity index (χ2n) is 3.14. The molecule has 1 aromatic heterocycles. The quantitative estimate of drug-likeness (QED) is 0.441. The third-order valence-corrected chi connectivity index (χ3v) is 1.93. The molecule has 6 heteroatoms. The molecule has 16 heavy (non-hydrogen) atoms. The summed E-state index contributed by atoms with van der Waals surface area (Å²) in [5.74, 6) is -0.475. The topological polar surface area (TPSA) is 82.6 Å². The van der Waals surface area contributed by atoms with E-state index in [0.29, 0.717) is 11.0 Å². The van der Waals surface area contributed by atoms with Gasteiger partial charge < -0.3 is 9.15 Å². The van der Waals surface area contributed by atoms with Crippen LogP contribution in [0.3, 0.4) is 0 Å². The molecule has 0 aliphatic heterocycles. The molecule has 1 heterocycles. The van der Waals surface area contributed by atoms with Crippen LogP contribution < -0.4 is 4.74 Å². The zero-order valence-electron chi connectivity index (χ0n) is 8.30. The SMILES string of the molecule is CC(=O)Oc1cc2cc([N+](=O)[O-])ccc2o1. The fourth-order valence-corrected chi connectivity index (χ4v) is 1.31. The van der Waals surface area contributed by atoms with Crippen molar-refractivity contribution < 1.29 is 18.9 Å². The lowest BCUT2D eigenvalue weighted by atomic mass is 10.2. The summed E-state index contributed by atoms with van der Waals surface area (Å²) in [4.78, 5) is 20.7. The molecule has 82 valence electrons. The first-order chi connectivity index (χ1) is 7.56. The van der Waals surface area contributed by atoms with Crippen molar-refractivity contribution in [1.29, 1.82) is 0 Å². The van der Waals surface area contributed by atoms with Gasteiger partial charge in [0.2, 0.25) is 0 Å². The van der Waals surface area contributed by atoms with E-state index in [1.165, 1.54) is 31.2 Å². The number of non-ortho nitro benzene ring substituents is 1. The summed E-state index contributed by atoms with van der Waals surface area (Å²) in [6.45, 7) is 1.25. The number of hydrogen-bond acceptors (Lipinski definition) is 5. The van der Waals surface area contributed by atoms with E-state index in [9.17, 15) is 14.9 Å². The monoisotopic (exact) mass is 221 g/mol. The van der Waals surface area contributed by atoms with Gasteiger partial charge in [0.05, 0.1) is 4.92 Å². The summed E-state index contributed by atoms with van der Waals surface area (Å²) in [6, 6.07) is 5.57. The number of furan rings is 1. The summed E-state index contributed by atoms with van der Waals surface area (Å²) < 4.78 is 9.87. The summed E-state index contributed by atoms with van der Waals surface area (Å²) in [5.41, 5.74) is 0.393. The number of hydrogen-bond donors (Lipinski definition) is 0. The van der Waals surface area contributed by atoms with Gasteiger partial charge in [-0.05, 0) is 6.07 Å². The third kappa shape index (κ3) is 1.85. The van der Waals surface area contributed by atoms with Gasteiger partial charge in [-0.15, -0.1) is 0 Å². The van der Waals surface area contributed by atoms with Crippen LogP contribution in [0.25, 0.3) is 11.0 Å². The Kier molecular flexibility index (Phi) is 2.32. The van der Waals surface area contributed by atoms with Crippen LogP contribution in [0.15, 0.2) is 28.7 Å². The average Bonchev–Trinajstić information content (AvgIpc) is 2.56. The maximum atomic E-state index is 10.7. The minimum absolute atomic E-state index is 0.0306. The summed E-state index contributed by atoms with van der Waals surface area (Å²) in [5, 5.41) is 11.0. The van der Waals surface area contributed by atoms with Crippen molar-refractivity contribution in [2.75, 3.05) is 0 Å². The maximum absolute atomic E-state index is 10.7. The van der Waals surface area contributed by atoms with Crippen LogP contribution in [-0.2, 0) is 4.79 Å². The second kappa shape index (κ2) is 3.65. The van der Waals surface area contributed by atoms with E-state index in [0.717, 1.165) is 0 Å². The van der Waals surface area contributed by atoms with Crippen LogP contribution in [0.1, 0.15) is 6.92 Å². The van der Waals surface area contributed by atoms with E-state index >= 15 is 0 Å². The molecule has 0 atom stereocenters. The highest BCUT2D eigenvalue weighted by atomic mass is 16.6. The first-order valence-corrected chi connectivity index (χ1v) is 4.42. The Morgan fingerprint density at radius 2 is 2.19 bits per heavy atom. The van der Waals surface area contributed by atoms with E-state index in [2.05, 4.69) is 0 Å². The van der Waals surface area contributed by atoms with Crippen LogP contribution in [0.4, 0.5) is 5.69 Å². The highest BCUT2D eigenvalue weighted by Crippen LogP contribution is 2.28. The van der Waals surface area contributed by atoms with Gasteiger partial charge in [-0.1, -0.05) is 0 Å². The molecular formula is C10H7NO5. The highest BCUT2D eigenvalue weighted by molar-refractivity contribution is 5.82. The second-order valence-corrected chi connectivity index (χ2v) is 3.14. The largest absolute Gasteiger partial charge is 0.425 e. The van der Waals surface area contributed by atoms with Crippen molar-refractivity contribution in [2.24, 2.45) is 0 Å². The van der Waals surface area contributed by atoms with Gasteiger partial charge in [0.25, 0.3) is 11.6 Å². The lowest BCUT2D eigenvalue weighted by molar-refractivity contribution is -0.384. The number of rotatable bonds is 2. The van der Waals surface area contributed by atoms with Crippen molar-refractivity contribution in [1.82, 2.24) is 0 Å². The Morgan fingerprint density at radius 3 is 2.81 bits per heavy atom. The molecule has 0 bridgehead atoms. The lowest BCUT2D eigenvalue weighted by Crippen LogP contribution is -1.99. The van der Waals surface area contributed by atoms with Crippen LogP contribution >= 0.6 is 0 Å². The molecular weight excluding hydrogens is 214 g/mol. The van der Waals surface area contributed by atoms with Gasteiger partial charge in [0, 0.05) is 30.5 Å². The predicted octanol–water partition coefficient (Wildman–Crippen LogP) is 2.27. The fraction of sp³-hybridized carbons (Fsp3) is 0.100. The predicted molar refractivity (Wildman–Crippen MR) is 54.2 cm³/mol. The Morgan fingerprint density at radius 1 is 1.44 bits per heavy atom. The molecule has 0 amide bonds. The van der Waals surface area contributed by atoms with Crippen LogP contribution in [0.5, 0.6) is 5.95 Å². The van der Waals surface area contributed by atoms with Gasteiger partial charge in [0.15, 0.2) is 0 Å². The Hall–Kier alpha value is -2.37. The number of esters is 1. The standard InChI is InChI=1S/C10H7NO5/c1-6(12)15-10-5-7-4-8(11(13)14)2-3-9(7)16-10/h2-5H,1H3. The number of nitrogens with zero attached hydrogens (tertiary/aromatic N) is 1. The zero-order valence-corrected chi connectivity index (χ0v) is 8.30. The molecule has 0 fully saturated rings. The molecule has 1 aromatic carbocycles. The molecule has 0 aliphatic carbocycles. The molecule has 2 aromatic rings. The van der Waals surface area contributed by atoms with Crippen LogP contribution in [-0.4, -0.2) is 10.9 Å². The molecule has 0 spiro atoms. The smallest absolute Gasteiger partial charge is 0.310 e. The Labute approximate surface area is 89.6 Å². The Balaban J connectivity index is 2.45. The van der Waals surface area contributed by atoms with Crippen molar-refractivity contribution >= 4 is 22.6 Å². The fourth-order valence-electron chi connectivity index (χ4n) is 1.31. The van der Waals surface area contributed by atoms with E-state index < -0.39 is 10.9 Å². The summed E-state index contributed by atoms with van der Waals surface area (Å²) >= 11 is 0. The molecule has 2 rings (SSSR count). The minimum Gasteiger partial charge on any atom is -0.425 e. The number of fused-ring (bicyclic) bond motifs is 1. The van der Waals surface area contributed by atoms with Gasteiger partial charge in [-0.25, -0.2) is 0 Å². The number of ether oxygens (including phenoxy) is 1. The molecule has 6 nitrogen and oxygen atoms in total. The van der Waals surface area contributed by atoms with E-state index in [1.54, 1.807) is 0 Å². The first kappa shape index (κ1) is 10.2. The molecule has 0 aliphatic rings.